The van der Waals surface area contributed by atoms with Crippen molar-refractivity contribution < 1.29 is 36.8 Å². The molecule has 0 aromatic heterocycles. The predicted molar refractivity (Wildman–Crippen MR) is 318 cm³/mol. The Bertz CT molecular complexity index is 2140. The predicted octanol–water partition coefficient (Wildman–Crippen LogP) is 15.1. The smallest absolute Gasteiger partial charge is 1.00 e. The van der Waals surface area contributed by atoms with Crippen molar-refractivity contribution in [3.05, 3.63) is 30.3 Å². The SMILES string of the molecule is CO.C[C@H](CC(C[C@H](O)C(C)(C)C)S(=O)(=O)c1ccccc1)[C@H]1CC[C@H]2[C@@H]3CC[C@H]4C[C@@](C)(O)CC[C@]4(C)[C@H]3CC[C@]12C.C[C@H](CCC[C@H](O)C(C)(C)C)[C@H]1CC[C@H]2[C@@H]3CC[C@H]4C[C@@](C)(O)CC[C@]4(C)[C@H]3CC[C@]12C.[H-].[H-].[Mg+2]. The van der Waals surface area contributed by atoms with Crippen molar-refractivity contribution >= 4 is 32.9 Å². The average molecular weight is 1090 g/mol. The van der Waals surface area contributed by atoms with Crippen molar-refractivity contribution in [3.63, 3.8) is 0 Å². The number of hydrogen-bond donors (Lipinski definition) is 5. The number of fused-ring (bicyclic) bond motifs is 10. The molecule has 0 aliphatic heterocycles. The zero-order valence-electron chi connectivity index (χ0n) is 53.5. The van der Waals surface area contributed by atoms with Gasteiger partial charge in [0.05, 0.1) is 33.6 Å². The molecule has 0 saturated heterocycles. The van der Waals surface area contributed by atoms with Gasteiger partial charge in [-0.2, -0.15) is 0 Å². The van der Waals surface area contributed by atoms with E-state index in [4.69, 9.17) is 5.11 Å². The van der Waals surface area contributed by atoms with Crippen LogP contribution < -0.4 is 0 Å². The van der Waals surface area contributed by atoms with Gasteiger partial charge in [0.2, 0.25) is 0 Å². The molecule has 1 aromatic carbocycles. The minimum Gasteiger partial charge on any atom is -1.00 e. The van der Waals surface area contributed by atoms with Gasteiger partial charge >= 0.3 is 23.1 Å². The molecule has 7 nitrogen and oxygen atoms in total. The second-order valence-corrected chi connectivity index (χ2v) is 34.0. The summed E-state index contributed by atoms with van der Waals surface area (Å²) in [6.45, 7) is 31.8. The molecule has 1 unspecified atom stereocenters. The first-order chi connectivity index (χ1) is 34.8. The third kappa shape index (κ3) is 12.9. The molecule has 21 atom stereocenters. The van der Waals surface area contributed by atoms with Crippen LogP contribution in [-0.4, -0.2) is 92.8 Å². The molecule has 436 valence electrons. The van der Waals surface area contributed by atoms with E-state index in [0.717, 1.165) is 98.9 Å². The molecule has 9 heteroatoms. The maximum Gasteiger partial charge on any atom is 2.00 e. The number of hydrogen-bond acceptors (Lipinski definition) is 7. The Labute approximate surface area is 485 Å². The number of aliphatic hydroxyl groups is 5. The zero-order valence-corrected chi connectivity index (χ0v) is 53.7. The van der Waals surface area contributed by atoms with Gasteiger partial charge in [0, 0.05) is 7.11 Å². The first-order valence-electron chi connectivity index (χ1n) is 31.3. The summed E-state index contributed by atoms with van der Waals surface area (Å²) in [6.07, 6.45) is 25.8. The monoisotopic (exact) mass is 1090 g/mol. The van der Waals surface area contributed by atoms with E-state index in [-0.39, 0.29) is 60.6 Å². The number of benzene rings is 1. The maximum absolute atomic E-state index is 14.0. The zero-order chi connectivity index (χ0) is 55.5. The molecule has 0 amide bonds. The van der Waals surface area contributed by atoms with E-state index >= 15 is 0 Å². The Morgan fingerprint density at radius 1 is 0.539 bits per heavy atom. The summed E-state index contributed by atoms with van der Waals surface area (Å²) < 4.78 is 28.0. The van der Waals surface area contributed by atoms with E-state index in [9.17, 15) is 28.8 Å². The number of sulfone groups is 1. The van der Waals surface area contributed by atoms with Crippen molar-refractivity contribution in [2.45, 2.75) is 278 Å². The van der Waals surface area contributed by atoms with Crippen LogP contribution in [0.1, 0.15) is 247 Å². The van der Waals surface area contributed by atoms with Crippen LogP contribution >= 0.6 is 0 Å². The molecule has 0 radical (unpaired) electrons. The second kappa shape index (κ2) is 24.1. The van der Waals surface area contributed by atoms with Crippen LogP contribution in [0.4, 0.5) is 0 Å². The summed E-state index contributed by atoms with van der Waals surface area (Å²) in [6, 6.07) is 8.90. The Morgan fingerprint density at radius 3 is 1.39 bits per heavy atom. The summed E-state index contributed by atoms with van der Waals surface area (Å²) in [7, 11) is -2.56. The Hall–Kier alpha value is -0.264. The quantitative estimate of drug-likeness (QED) is 0.132. The molecule has 0 bridgehead atoms. The van der Waals surface area contributed by atoms with Gasteiger partial charge in [-0.1, -0.05) is 114 Å². The molecule has 9 rings (SSSR count). The maximum atomic E-state index is 14.0. The van der Waals surface area contributed by atoms with Crippen LogP contribution in [0.15, 0.2) is 35.2 Å². The van der Waals surface area contributed by atoms with Crippen LogP contribution in [0.2, 0.25) is 0 Å². The molecular formula is C67H118MgO7S. The third-order valence-electron chi connectivity index (χ3n) is 25.2. The van der Waals surface area contributed by atoms with Gasteiger partial charge in [-0.3, -0.25) is 0 Å². The normalized spacial score (nSPS) is 42.9. The van der Waals surface area contributed by atoms with Crippen molar-refractivity contribution in [2.75, 3.05) is 7.11 Å². The Balaban J connectivity index is 0.000000322. The molecule has 0 spiro atoms. The molecule has 0 heterocycles. The summed E-state index contributed by atoms with van der Waals surface area (Å²) in [5.41, 5.74) is 0.346. The van der Waals surface area contributed by atoms with Crippen LogP contribution in [0.3, 0.4) is 0 Å². The molecular weight excluding hydrogens is 973 g/mol. The largest absolute Gasteiger partial charge is 2.00 e. The Kier molecular flexibility index (Phi) is 20.6. The van der Waals surface area contributed by atoms with Crippen molar-refractivity contribution in [1.82, 2.24) is 0 Å². The first-order valence-corrected chi connectivity index (χ1v) is 32.9. The van der Waals surface area contributed by atoms with E-state index in [1.165, 1.54) is 96.3 Å². The van der Waals surface area contributed by atoms with E-state index < -0.39 is 32.4 Å². The van der Waals surface area contributed by atoms with Gasteiger partial charge in [0.15, 0.2) is 9.84 Å². The summed E-state index contributed by atoms with van der Waals surface area (Å²) in [5.74, 6) is 8.84. The molecule has 1 aromatic rings. The fourth-order valence-corrected chi connectivity index (χ4v) is 22.3. The fourth-order valence-electron chi connectivity index (χ4n) is 20.4. The molecule has 5 N–H and O–H groups in total. The van der Waals surface area contributed by atoms with Crippen LogP contribution in [0.5, 0.6) is 0 Å². The Morgan fingerprint density at radius 2 is 0.961 bits per heavy atom. The molecule has 8 aliphatic rings. The van der Waals surface area contributed by atoms with Crippen molar-refractivity contribution in [3.8, 4) is 0 Å². The topological polar surface area (TPSA) is 135 Å². The third-order valence-corrected chi connectivity index (χ3v) is 27.4. The van der Waals surface area contributed by atoms with Crippen molar-refractivity contribution in [2.24, 2.45) is 104 Å². The molecule has 8 aliphatic carbocycles. The second-order valence-electron chi connectivity index (χ2n) is 31.8. The van der Waals surface area contributed by atoms with Gasteiger partial charge in [-0.15, -0.1) is 0 Å². The number of aliphatic hydroxyl groups excluding tert-OH is 3. The summed E-state index contributed by atoms with van der Waals surface area (Å²) >= 11 is 0. The van der Waals surface area contributed by atoms with Crippen LogP contribution in [0, 0.1) is 104 Å². The number of rotatable bonds is 12. The van der Waals surface area contributed by atoms with E-state index in [1.807, 2.05) is 33.8 Å². The van der Waals surface area contributed by atoms with Gasteiger partial charge < -0.3 is 28.4 Å². The van der Waals surface area contributed by atoms with Crippen LogP contribution in [-0.2, 0) is 9.84 Å². The summed E-state index contributed by atoms with van der Waals surface area (Å²) in [5, 5.41) is 49.6. The fraction of sp³-hybridized carbons (Fsp3) is 0.910. The first kappa shape index (κ1) is 64.9. The van der Waals surface area contributed by atoms with E-state index in [0.29, 0.717) is 39.4 Å². The van der Waals surface area contributed by atoms with E-state index in [2.05, 4.69) is 69.2 Å². The van der Waals surface area contributed by atoms with Gasteiger partial charge in [-0.05, 0) is 264 Å². The molecule has 8 saturated carbocycles. The van der Waals surface area contributed by atoms with E-state index in [1.54, 1.807) is 24.3 Å². The van der Waals surface area contributed by atoms with Crippen LogP contribution in [0.25, 0.3) is 0 Å². The summed E-state index contributed by atoms with van der Waals surface area (Å²) in [4.78, 5) is 0.380. The minimum absolute atomic E-state index is 0. The average Bonchev–Trinajstić information content (AvgIpc) is 3.89. The van der Waals surface area contributed by atoms with Gasteiger partial charge in [0.1, 0.15) is 0 Å². The van der Waals surface area contributed by atoms with Gasteiger partial charge in [0.25, 0.3) is 0 Å². The molecule has 8 fully saturated rings. The standard InChI is InChI=1S/C36H58O4S.C30H54O2.CH4O.Mg.2H/c1-24(21-27(22-32(37)33(2,3)4)41(39,40)26-11-9-8-10-12-26)29-15-16-30-28-14-13-25-23-34(5,38)19-20-35(25,6)31(28)17-18-36(29,30)7;1-20(9-8-10-26(31)27(2,3)4)23-13-14-24-22-12-11-21-19-28(5,32)17-18-29(21,6)25(22)15-16-30(23,24)7;1-2;;;/h8-12,24-25,27-32,37-38H,13-23H2,1-7H3;20-26,31-32H,8-19H2,1-7H3;2H,1H3;;;/q;;;+2;2*-1/t24-,25+,27?,28+,29-,30+,31+,32+,34+,35+,36-;20-,21+,22+,23-,24+,25+,26+,28+,29+,30-;;;;/m11..../s1. The van der Waals surface area contributed by atoms with Crippen molar-refractivity contribution in [1.29, 1.82) is 0 Å². The minimum atomic E-state index is -3.56. The van der Waals surface area contributed by atoms with Gasteiger partial charge in [-0.25, -0.2) is 8.42 Å². The molecule has 76 heavy (non-hydrogen) atoms.